The molecule has 1 amide bonds. The fourth-order valence-corrected chi connectivity index (χ4v) is 2.70. The average Bonchev–Trinajstić information content (AvgIpc) is 2.46. The Hall–Kier alpha value is -1.53. The summed E-state index contributed by atoms with van der Waals surface area (Å²) in [6, 6.07) is -0.289. The van der Waals surface area contributed by atoms with Crippen LogP contribution in [0.1, 0.15) is 40.0 Å². The van der Waals surface area contributed by atoms with Gasteiger partial charge in [0.15, 0.2) is 0 Å². The van der Waals surface area contributed by atoms with E-state index in [2.05, 4.69) is 21.9 Å². The van der Waals surface area contributed by atoms with Gasteiger partial charge < -0.3 is 14.8 Å². The number of nitrogens with one attached hydrogen (secondary N) is 1. The first-order valence-electron chi connectivity index (χ1n) is 7.61. The third-order valence-corrected chi connectivity index (χ3v) is 3.88. The molecule has 0 aromatic rings. The van der Waals surface area contributed by atoms with E-state index >= 15 is 0 Å². The average molecular weight is 344 g/mol. The molecule has 0 aliphatic carbocycles. The molecule has 7 nitrogen and oxygen atoms in total. The van der Waals surface area contributed by atoms with Gasteiger partial charge in [-0.15, -0.1) is 0 Å². The number of unbranched alkanes of at least 4 members (excludes halogenated alkanes) is 2. The first-order chi connectivity index (χ1) is 10.8. The van der Waals surface area contributed by atoms with E-state index in [0.29, 0.717) is 18.1 Å². The molecule has 1 atom stereocenters. The number of alkyl carbamates (subject to hydrolysis) is 1. The topological polar surface area (TPSA) is 96.3 Å². The number of azide groups is 1. The number of amides is 1. The van der Waals surface area contributed by atoms with Crippen molar-refractivity contribution < 1.29 is 14.3 Å². The molecule has 0 saturated heterocycles. The number of nitrogens with zero attached hydrogens (tertiary/aromatic N) is 3. The van der Waals surface area contributed by atoms with Crippen LogP contribution in [0.5, 0.6) is 0 Å². The Bertz CT molecular complexity index is 417. The third kappa shape index (κ3) is 12.7. The lowest BCUT2D eigenvalue weighted by atomic mass is 10.2. The summed E-state index contributed by atoms with van der Waals surface area (Å²) in [6.45, 7) is 9.82. The maximum atomic E-state index is 11.8. The van der Waals surface area contributed by atoms with E-state index in [1.807, 2.05) is 20.8 Å². The fourth-order valence-electron chi connectivity index (χ4n) is 1.62. The number of hydrogen-bond acceptors (Lipinski definition) is 5. The number of carbonyl (C=O) groups excluding carboxylic acids is 1. The fraction of sp³-hybridized carbons (Fsp3) is 0.800. The maximum absolute atomic E-state index is 11.8. The number of thioether (sulfide) groups is 1. The highest BCUT2D eigenvalue weighted by molar-refractivity contribution is 7.99. The van der Waals surface area contributed by atoms with Gasteiger partial charge in [0.2, 0.25) is 0 Å². The lowest BCUT2D eigenvalue weighted by Gasteiger charge is -2.24. The summed E-state index contributed by atoms with van der Waals surface area (Å²) in [6.07, 6.45) is 2.47. The molecule has 0 aromatic carbocycles. The Morgan fingerprint density at radius 2 is 2.09 bits per heavy atom. The van der Waals surface area contributed by atoms with E-state index in [-0.39, 0.29) is 6.04 Å². The minimum atomic E-state index is -0.540. The second-order valence-electron chi connectivity index (χ2n) is 5.96. The molecule has 0 spiro atoms. The quantitative estimate of drug-likeness (QED) is 0.199. The van der Waals surface area contributed by atoms with Crippen molar-refractivity contribution in [2.24, 2.45) is 5.11 Å². The van der Waals surface area contributed by atoms with Gasteiger partial charge in [-0.05, 0) is 44.9 Å². The second kappa shape index (κ2) is 12.0. The SMILES string of the molecule is C=C(OC)C(CSCCCCCN=[N+]=[N-])NC(=O)OC(C)(C)C. The van der Waals surface area contributed by atoms with Gasteiger partial charge in [0, 0.05) is 17.2 Å². The van der Waals surface area contributed by atoms with Gasteiger partial charge in [-0.2, -0.15) is 11.8 Å². The van der Waals surface area contributed by atoms with Crippen LogP contribution in [0.25, 0.3) is 10.4 Å². The molecule has 0 fully saturated rings. The molecule has 0 aromatic heterocycles. The van der Waals surface area contributed by atoms with Crippen molar-refractivity contribution in [1.29, 1.82) is 0 Å². The van der Waals surface area contributed by atoms with E-state index in [9.17, 15) is 4.79 Å². The zero-order valence-corrected chi connectivity index (χ0v) is 15.3. The second-order valence-corrected chi connectivity index (χ2v) is 7.11. The zero-order chi connectivity index (χ0) is 17.7. The highest BCUT2D eigenvalue weighted by atomic mass is 32.2. The minimum absolute atomic E-state index is 0.289. The lowest BCUT2D eigenvalue weighted by Crippen LogP contribution is -2.41. The van der Waals surface area contributed by atoms with E-state index in [1.165, 1.54) is 7.11 Å². The van der Waals surface area contributed by atoms with Crippen LogP contribution in [0, 0.1) is 0 Å². The molecule has 0 bridgehead atoms. The highest BCUT2D eigenvalue weighted by Crippen LogP contribution is 2.14. The Balaban J connectivity index is 4.09. The summed E-state index contributed by atoms with van der Waals surface area (Å²) in [5, 5.41) is 6.28. The van der Waals surface area contributed by atoms with E-state index in [1.54, 1.807) is 11.8 Å². The van der Waals surface area contributed by atoms with Gasteiger partial charge in [-0.25, -0.2) is 4.79 Å². The Morgan fingerprint density at radius 1 is 1.39 bits per heavy atom. The first kappa shape index (κ1) is 21.5. The standard InChI is InChI=1S/C15H28N4O3S/c1-12(21-5)13(18-14(20)22-15(2,3)4)11-23-10-8-6-7-9-17-19-16/h13H,1,6-11H2,2-5H3,(H,18,20). The van der Waals surface area contributed by atoms with Crippen molar-refractivity contribution in [3.63, 3.8) is 0 Å². The highest BCUT2D eigenvalue weighted by Gasteiger charge is 2.21. The summed E-state index contributed by atoms with van der Waals surface area (Å²) >= 11 is 1.71. The van der Waals surface area contributed by atoms with Crippen molar-refractivity contribution >= 4 is 17.9 Å². The molecule has 23 heavy (non-hydrogen) atoms. The summed E-state index contributed by atoms with van der Waals surface area (Å²) < 4.78 is 10.4. The van der Waals surface area contributed by atoms with E-state index in [0.717, 1.165) is 25.0 Å². The maximum Gasteiger partial charge on any atom is 0.408 e. The van der Waals surface area contributed by atoms with Crippen LogP contribution in [0.2, 0.25) is 0 Å². The smallest absolute Gasteiger partial charge is 0.408 e. The van der Waals surface area contributed by atoms with Gasteiger partial charge in [0.05, 0.1) is 13.2 Å². The third-order valence-electron chi connectivity index (χ3n) is 2.74. The van der Waals surface area contributed by atoms with Crippen molar-refractivity contribution in [3.8, 4) is 0 Å². The molecule has 132 valence electrons. The Morgan fingerprint density at radius 3 is 2.65 bits per heavy atom. The largest absolute Gasteiger partial charge is 0.500 e. The molecular formula is C15H28N4O3S. The van der Waals surface area contributed by atoms with Crippen LogP contribution >= 0.6 is 11.8 Å². The molecule has 0 saturated carbocycles. The van der Waals surface area contributed by atoms with Crippen LogP contribution in [0.15, 0.2) is 17.5 Å². The predicted octanol–water partition coefficient (Wildman–Crippen LogP) is 4.25. The lowest BCUT2D eigenvalue weighted by molar-refractivity contribution is 0.0504. The summed E-state index contributed by atoms with van der Waals surface area (Å²) in [5.41, 5.74) is 7.64. The normalized spacial score (nSPS) is 12.0. The molecule has 0 rings (SSSR count). The summed E-state index contributed by atoms with van der Waals surface area (Å²) in [7, 11) is 1.53. The number of rotatable bonds is 11. The van der Waals surface area contributed by atoms with E-state index < -0.39 is 11.7 Å². The van der Waals surface area contributed by atoms with Crippen LogP contribution in [0.3, 0.4) is 0 Å². The predicted molar refractivity (Wildman–Crippen MR) is 94.5 cm³/mol. The molecule has 0 radical (unpaired) electrons. The van der Waals surface area contributed by atoms with Crippen LogP contribution in [-0.4, -0.2) is 42.9 Å². The van der Waals surface area contributed by atoms with Gasteiger partial charge in [-0.1, -0.05) is 18.1 Å². The van der Waals surface area contributed by atoms with Crippen molar-refractivity contribution in [1.82, 2.24) is 5.32 Å². The number of methoxy groups -OCH3 is 1. The molecule has 1 unspecified atom stereocenters. The van der Waals surface area contributed by atoms with Gasteiger partial charge >= 0.3 is 6.09 Å². The monoisotopic (exact) mass is 344 g/mol. The Labute approximate surface area is 142 Å². The van der Waals surface area contributed by atoms with Crippen molar-refractivity contribution in [2.45, 2.75) is 51.7 Å². The molecule has 0 aliphatic rings. The molecule has 0 aliphatic heterocycles. The van der Waals surface area contributed by atoms with Gasteiger partial charge in [-0.3, -0.25) is 0 Å². The molecule has 1 N–H and O–H groups in total. The van der Waals surface area contributed by atoms with Crippen LogP contribution < -0.4 is 5.32 Å². The van der Waals surface area contributed by atoms with E-state index in [4.69, 9.17) is 15.0 Å². The number of carbonyl (C=O) groups is 1. The number of ether oxygens (including phenoxy) is 2. The van der Waals surface area contributed by atoms with Crippen LogP contribution in [-0.2, 0) is 9.47 Å². The Kier molecular flexibility index (Phi) is 11.2. The van der Waals surface area contributed by atoms with Crippen molar-refractivity contribution in [3.05, 3.63) is 22.8 Å². The zero-order valence-electron chi connectivity index (χ0n) is 14.5. The molecule has 0 heterocycles. The van der Waals surface area contributed by atoms with Crippen LogP contribution in [0.4, 0.5) is 4.79 Å². The first-order valence-corrected chi connectivity index (χ1v) is 8.76. The summed E-state index contributed by atoms with van der Waals surface area (Å²) in [5.74, 6) is 2.13. The van der Waals surface area contributed by atoms with Gasteiger partial charge in [0.1, 0.15) is 11.4 Å². The minimum Gasteiger partial charge on any atom is -0.500 e. The van der Waals surface area contributed by atoms with Crippen molar-refractivity contribution in [2.75, 3.05) is 25.2 Å². The summed E-state index contributed by atoms with van der Waals surface area (Å²) in [4.78, 5) is 14.6. The molecular weight excluding hydrogens is 316 g/mol. The molecule has 8 heteroatoms. The number of hydrogen-bond donors (Lipinski definition) is 1. The van der Waals surface area contributed by atoms with Gasteiger partial charge in [0.25, 0.3) is 0 Å².